The van der Waals surface area contributed by atoms with Gasteiger partial charge in [-0.1, -0.05) is 6.92 Å². The second kappa shape index (κ2) is 6.86. The molecule has 0 bridgehead atoms. The summed E-state index contributed by atoms with van der Waals surface area (Å²) in [7, 11) is 1.89. The molecule has 1 saturated heterocycles. The summed E-state index contributed by atoms with van der Waals surface area (Å²) in [6.45, 7) is 6.79. The van der Waals surface area contributed by atoms with Gasteiger partial charge in [-0.3, -0.25) is 4.79 Å². The van der Waals surface area contributed by atoms with Crippen molar-refractivity contribution in [3.05, 3.63) is 0 Å². The van der Waals surface area contributed by atoms with Crippen molar-refractivity contribution < 1.29 is 4.79 Å². The molecule has 1 aliphatic heterocycles. The maximum absolute atomic E-state index is 11.9. The molecule has 2 N–H and O–H groups in total. The summed E-state index contributed by atoms with van der Waals surface area (Å²) in [4.78, 5) is 16.2. The highest BCUT2D eigenvalue weighted by molar-refractivity contribution is 5.78. The average Bonchev–Trinajstić information content (AvgIpc) is 2.78. The largest absolute Gasteiger partial charge is 0.344 e. The van der Waals surface area contributed by atoms with Gasteiger partial charge < -0.3 is 15.5 Å². The van der Waals surface area contributed by atoms with E-state index in [1.165, 1.54) is 25.9 Å². The Kier molecular flexibility index (Phi) is 5.77. The van der Waals surface area contributed by atoms with Gasteiger partial charge in [-0.25, -0.2) is 0 Å². The van der Waals surface area contributed by atoms with Gasteiger partial charge in [0, 0.05) is 26.1 Å². The Labute approximate surface area is 98.8 Å². The fourth-order valence-corrected chi connectivity index (χ4v) is 2.16. The summed E-state index contributed by atoms with van der Waals surface area (Å²) in [6, 6.07) is 0. The van der Waals surface area contributed by atoms with Crippen molar-refractivity contribution in [2.24, 2.45) is 11.7 Å². The molecule has 0 aliphatic carbocycles. The lowest BCUT2D eigenvalue weighted by molar-refractivity contribution is -0.133. The van der Waals surface area contributed by atoms with Crippen molar-refractivity contribution in [1.29, 1.82) is 0 Å². The van der Waals surface area contributed by atoms with Crippen LogP contribution in [0, 0.1) is 5.92 Å². The molecule has 16 heavy (non-hydrogen) atoms. The van der Waals surface area contributed by atoms with Crippen LogP contribution in [-0.2, 0) is 4.79 Å². The molecule has 1 aliphatic rings. The van der Waals surface area contributed by atoms with E-state index in [0.29, 0.717) is 6.54 Å². The maximum Gasteiger partial charge on any atom is 0.225 e. The van der Waals surface area contributed by atoms with Gasteiger partial charge in [0.1, 0.15) is 0 Å². The lowest BCUT2D eigenvalue weighted by Gasteiger charge is -2.24. The van der Waals surface area contributed by atoms with Gasteiger partial charge in [-0.05, 0) is 38.9 Å². The quantitative estimate of drug-likeness (QED) is 0.720. The summed E-state index contributed by atoms with van der Waals surface area (Å²) in [5, 5.41) is 0. The van der Waals surface area contributed by atoms with E-state index in [2.05, 4.69) is 4.90 Å². The van der Waals surface area contributed by atoms with E-state index in [1.54, 1.807) is 0 Å². The predicted molar refractivity (Wildman–Crippen MR) is 66.1 cm³/mol. The van der Waals surface area contributed by atoms with Gasteiger partial charge in [-0.2, -0.15) is 0 Å². The number of carbonyl (C=O) groups excluding carboxylic acids is 1. The van der Waals surface area contributed by atoms with Crippen LogP contribution >= 0.6 is 0 Å². The minimum atomic E-state index is 0.0635. The van der Waals surface area contributed by atoms with Crippen LogP contribution in [0.25, 0.3) is 0 Å². The summed E-state index contributed by atoms with van der Waals surface area (Å²) < 4.78 is 0. The summed E-state index contributed by atoms with van der Waals surface area (Å²) in [6.07, 6.45) is 3.40. The number of nitrogens with zero attached hydrogens (tertiary/aromatic N) is 2. The molecule has 0 aromatic carbocycles. The predicted octanol–water partition coefficient (Wildman–Crippen LogP) is 0.526. The Bertz CT molecular complexity index is 214. The molecule has 0 aromatic rings. The molecule has 1 heterocycles. The molecule has 4 nitrogen and oxygen atoms in total. The molecule has 0 saturated carbocycles. The van der Waals surface area contributed by atoms with Crippen molar-refractivity contribution in [2.75, 3.05) is 39.8 Å². The number of rotatable bonds is 6. The molecule has 1 fully saturated rings. The number of likely N-dealkylation sites (N-methyl/N-ethyl adjacent to an activating group) is 1. The molecular formula is C12H25N3O. The van der Waals surface area contributed by atoms with Crippen molar-refractivity contribution in [3.63, 3.8) is 0 Å². The number of likely N-dealkylation sites (tertiary alicyclic amines) is 1. The molecule has 94 valence electrons. The fourth-order valence-electron chi connectivity index (χ4n) is 2.16. The topological polar surface area (TPSA) is 49.6 Å². The normalized spacial score (nSPS) is 18.7. The minimum Gasteiger partial charge on any atom is -0.344 e. The molecule has 0 radical (unpaired) electrons. The van der Waals surface area contributed by atoms with Crippen LogP contribution in [-0.4, -0.2) is 55.5 Å². The monoisotopic (exact) mass is 227 g/mol. The van der Waals surface area contributed by atoms with E-state index in [0.717, 1.165) is 19.5 Å². The van der Waals surface area contributed by atoms with Crippen LogP contribution in [0.15, 0.2) is 0 Å². The van der Waals surface area contributed by atoms with Crippen molar-refractivity contribution in [2.45, 2.75) is 26.2 Å². The van der Waals surface area contributed by atoms with E-state index in [4.69, 9.17) is 5.73 Å². The summed E-state index contributed by atoms with van der Waals surface area (Å²) in [5.41, 5.74) is 5.46. The standard InChI is InChI=1S/C12H25N3O/c1-11(5-6-13)12(16)14(2)9-10-15-7-3-4-8-15/h11H,3-10,13H2,1-2H3. The third kappa shape index (κ3) is 4.10. The van der Waals surface area contributed by atoms with Crippen molar-refractivity contribution >= 4 is 5.91 Å². The highest BCUT2D eigenvalue weighted by Crippen LogP contribution is 2.08. The highest BCUT2D eigenvalue weighted by atomic mass is 16.2. The Morgan fingerprint density at radius 2 is 2.06 bits per heavy atom. The van der Waals surface area contributed by atoms with E-state index >= 15 is 0 Å². The zero-order valence-electron chi connectivity index (χ0n) is 10.6. The fraction of sp³-hybridized carbons (Fsp3) is 0.917. The number of carbonyl (C=O) groups is 1. The molecule has 1 atom stereocenters. The Morgan fingerprint density at radius 3 is 2.62 bits per heavy atom. The molecule has 4 heteroatoms. The molecule has 1 amide bonds. The van der Waals surface area contributed by atoms with Crippen LogP contribution < -0.4 is 5.73 Å². The van der Waals surface area contributed by atoms with Gasteiger partial charge >= 0.3 is 0 Å². The van der Waals surface area contributed by atoms with Crippen molar-refractivity contribution in [3.8, 4) is 0 Å². The zero-order valence-corrected chi connectivity index (χ0v) is 10.6. The third-order valence-electron chi connectivity index (χ3n) is 3.35. The lowest BCUT2D eigenvalue weighted by atomic mass is 10.1. The van der Waals surface area contributed by atoms with Gasteiger partial charge in [0.15, 0.2) is 0 Å². The van der Waals surface area contributed by atoms with Gasteiger partial charge in [0.2, 0.25) is 5.91 Å². The molecule has 0 spiro atoms. The Hall–Kier alpha value is -0.610. The Balaban J connectivity index is 2.22. The second-order valence-corrected chi connectivity index (χ2v) is 4.79. The molecule has 0 aromatic heterocycles. The van der Waals surface area contributed by atoms with Crippen LogP contribution in [0.4, 0.5) is 0 Å². The van der Waals surface area contributed by atoms with Gasteiger partial charge in [0.25, 0.3) is 0 Å². The molecule has 1 rings (SSSR count). The van der Waals surface area contributed by atoms with Crippen LogP contribution in [0.1, 0.15) is 26.2 Å². The third-order valence-corrected chi connectivity index (χ3v) is 3.35. The first-order chi connectivity index (χ1) is 7.65. The van der Waals surface area contributed by atoms with Gasteiger partial charge in [-0.15, -0.1) is 0 Å². The zero-order chi connectivity index (χ0) is 12.0. The smallest absolute Gasteiger partial charge is 0.225 e. The average molecular weight is 227 g/mol. The van der Waals surface area contributed by atoms with Crippen LogP contribution in [0.3, 0.4) is 0 Å². The highest BCUT2D eigenvalue weighted by Gasteiger charge is 2.18. The number of amides is 1. The number of nitrogens with two attached hydrogens (primary N) is 1. The number of hydrogen-bond acceptors (Lipinski definition) is 3. The molecular weight excluding hydrogens is 202 g/mol. The first kappa shape index (κ1) is 13.5. The Morgan fingerprint density at radius 1 is 1.44 bits per heavy atom. The molecule has 1 unspecified atom stereocenters. The second-order valence-electron chi connectivity index (χ2n) is 4.79. The summed E-state index contributed by atoms with van der Waals surface area (Å²) >= 11 is 0. The first-order valence-corrected chi connectivity index (χ1v) is 6.32. The van der Waals surface area contributed by atoms with E-state index in [-0.39, 0.29) is 11.8 Å². The van der Waals surface area contributed by atoms with Gasteiger partial charge in [0.05, 0.1) is 0 Å². The minimum absolute atomic E-state index is 0.0635. The van der Waals surface area contributed by atoms with Crippen LogP contribution in [0.2, 0.25) is 0 Å². The van der Waals surface area contributed by atoms with E-state index < -0.39 is 0 Å². The van der Waals surface area contributed by atoms with E-state index in [9.17, 15) is 4.79 Å². The SMILES string of the molecule is CC(CCN)C(=O)N(C)CCN1CCCC1. The summed E-state index contributed by atoms with van der Waals surface area (Å²) in [5.74, 6) is 0.290. The number of hydrogen-bond donors (Lipinski definition) is 1. The lowest BCUT2D eigenvalue weighted by Crippen LogP contribution is -2.38. The van der Waals surface area contributed by atoms with Crippen LogP contribution in [0.5, 0.6) is 0 Å². The first-order valence-electron chi connectivity index (χ1n) is 6.32. The maximum atomic E-state index is 11.9. The van der Waals surface area contributed by atoms with Crippen molar-refractivity contribution in [1.82, 2.24) is 9.80 Å². The van der Waals surface area contributed by atoms with E-state index in [1.807, 2.05) is 18.9 Å².